The Morgan fingerprint density at radius 3 is 2.54 bits per heavy atom. The van der Waals surface area contributed by atoms with Crippen LogP contribution in [0.15, 0.2) is 0 Å². The smallest absolute Gasteiger partial charge is 0.314 e. The predicted octanol–water partition coefficient (Wildman–Crippen LogP) is 0.681. The van der Waals surface area contributed by atoms with Gasteiger partial charge in [-0.1, -0.05) is 13.3 Å². The van der Waals surface area contributed by atoms with Crippen LogP contribution in [0, 0.1) is 5.92 Å². The Morgan fingerprint density at radius 2 is 2.08 bits per heavy atom. The molecule has 0 rings (SSSR count). The van der Waals surface area contributed by atoms with E-state index in [9.17, 15) is 4.79 Å². The highest BCUT2D eigenvalue weighted by Crippen LogP contribution is 2.04. The molecule has 0 aromatic carbocycles. The fraction of sp³-hybridized carbons (Fsp3) is 0.889. The number of nitrogens with two attached hydrogens (primary N) is 1. The maximum Gasteiger partial charge on any atom is 0.314 e. The minimum atomic E-state index is -0.0852. The third-order valence-electron chi connectivity index (χ3n) is 2.04. The van der Waals surface area contributed by atoms with Crippen LogP contribution in [0.1, 0.15) is 26.7 Å². The highest BCUT2D eigenvalue weighted by atomic mass is 16.2. The Kier molecular flexibility index (Phi) is 7.39. The zero-order chi connectivity index (χ0) is 10.1. The molecule has 0 heterocycles. The third-order valence-corrected chi connectivity index (χ3v) is 2.04. The molecule has 0 aromatic heterocycles. The van der Waals surface area contributed by atoms with Crippen LogP contribution in [-0.2, 0) is 0 Å². The van der Waals surface area contributed by atoms with Gasteiger partial charge in [0.05, 0.1) is 0 Å². The number of hydrogen-bond donors (Lipinski definition) is 3. The van der Waals surface area contributed by atoms with Crippen molar-refractivity contribution in [3.05, 3.63) is 0 Å². The molecular formula is C9H21N3O. The zero-order valence-electron chi connectivity index (χ0n) is 8.60. The van der Waals surface area contributed by atoms with Gasteiger partial charge in [0.2, 0.25) is 0 Å². The molecule has 0 spiro atoms. The molecule has 78 valence electrons. The summed E-state index contributed by atoms with van der Waals surface area (Å²) in [6, 6.07) is -0.0852. The number of amides is 2. The number of urea groups is 1. The average Bonchev–Trinajstić information content (AvgIpc) is 2.12. The standard InChI is InChI=1S/C9H21N3O/c1-3-8(5-6-10)7-12-9(13)11-4-2/h8H,3-7,10H2,1-2H3,(H2,11,12,13). The van der Waals surface area contributed by atoms with Crippen molar-refractivity contribution in [2.45, 2.75) is 26.7 Å². The van der Waals surface area contributed by atoms with Gasteiger partial charge in [0, 0.05) is 13.1 Å². The highest BCUT2D eigenvalue weighted by molar-refractivity contribution is 5.73. The first kappa shape index (κ1) is 12.2. The molecule has 4 nitrogen and oxygen atoms in total. The van der Waals surface area contributed by atoms with Crippen LogP contribution < -0.4 is 16.4 Å². The van der Waals surface area contributed by atoms with E-state index < -0.39 is 0 Å². The van der Waals surface area contributed by atoms with E-state index in [4.69, 9.17) is 5.73 Å². The van der Waals surface area contributed by atoms with Gasteiger partial charge in [-0.25, -0.2) is 4.79 Å². The van der Waals surface area contributed by atoms with E-state index in [0.29, 0.717) is 19.0 Å². The van der Waals surface area contributed by atoms with Crippen molar-refractivity contribution in [1.29, 1.82) is 0 Å². The van der Waals surface area contributed by atoms with Gasteiger partial charge in [-0.3, -0.25) is 0 Å². The van der Waals surface area contributed by atoms with Gasteiger partial charge >= 0.3 is 6.03 Å². The first-order valence-corrected chi connectivity index (χ1v) is 4.96. The second-order valence-electron chi connectivity index (χ2n) is 3.09. The van der Waals surface area contributed by atoms with Crippen molar-refractivity contribution in [2.75, 3.05) is 19.6 Å². The maximum absolute atomic E-state index is 11.0. The lowest BCUT2D eigenvalue weighted by atomic mass is 10.0. The van der Waals surface area contributed by atoms with Crippen molar-refractivity contribution in [3.8, 4) is 0 Å². The van der Waals surface area contributed by atoms with Crippen LogP contribution >= 0.6 is 0 Å². The zero-order valence-corrected chi connectivity index (χ0v) is 8.60. The van der Waals surface area contributed by atoms with Crippen LogP contribution in [0.25, 0.3) is 0 Å². The topological polar surface area (TPSA) is 67.2 Å². The van der Waals surface area contributed by atoms with Crippen molar-refractivity contribution >= 4 is 6.03 Å². The van der Waals surface area contributed by atoms with Crippen LogP contribution in [0.3, 0.4) is 0 Å². The van der Waals surface area contributed by atoms with Crippen molar-refractivity contribution < 1.29 is 4.79 Å². The third kappa shape index (κ3) is 6.40. The Morgan fingerprint density at radius 1 is 1.38 bits per heavy atom. The Labute approximate surface area is 80.3 Å². The van der Waals surface area contributed by atoms with Crippen molar-refractivity contribution in [2.24, 2.45) is 11.7 Å². The summed E-state index contributed by atoms with van der Waals surface area (Å²) in [5, 5.41) is 5.50. The minimum absolute atomic E-state index is 0.0852. The molecule has 4 N–H and O–H groups in total. The number of nitrogens with one attached hydrogen (secondary N) is 2. The van der Waals surface area contributed by atoms with Crippen LogP contribution in [0.2, 0.25) is 0 Å². The van der Waals surface area contributed by atoms with E-state index in [1.165, 1.54) is 0 Å². The number of carbonyl (C=O) groups is 1. The summed E-state index contributed by atoms with van der Waals surface area (Å²) in [4.78, 5) is 11.0. The van der Waals surface area contributed by atoms with Gasteiger partial charge in [0.15, 0.2) is 0 Å². The molecule has 1 atom stereocenters. The number of rotatable bonds is 6. The molecule has 0 radical (unpaired) electrons. The fourth-order valence-electron chi connectivity index (χ4n) is 1.15. The first-order valence-electron chi connectivity index (χ1n) is 4.96. The summed E-state index contributed by atoms with van der Waals surface area (Å²) in [6.45, 7) is 6.09. The molecule has 0 fully saturated rings. The summed E-state index contributed by atoms with van der Waals surface area (Å²) in [7, 11) is 0. The molecule has 0 aliphatic rings. The monoisotopic (exact) mass is 187 g/mol. The lowest BCUT2D eigenvalue weighted by Gasteiger charge is -2.14. The summed E-state index contributed by atoms with van der Waals surface area (Å²) in [5.74, 6) is 0.507. The van der Waals surface area contributed by atoms with Crippen LogP contribution in [0.4, 0.5) is 4.79 Å². The van der Waals surface area contributed by atoms with E-state index in [-0.39, 0.29) is 6.03 Å². The second-order valence-corrected chi connectivity index (χ2v) is 3.09. The molecule has 2 amide bonds. The van der Waals surface area contributed by atoms with Crippen molar-refractivity contribution in [3.63, 3.8) is 0 Å². The summed E-state index contributed by atoms with van der Waals surface area (Å²) < 4.78 is 0. The van der Waals surface area contributed by atoms with Gasteiger partial charge in [0.25, 0.3) is 0 Å². The van der Waals surface area contributed by atoms with Gasteiger partial charge in [-0.15, -0.1) is 0 Å². The quantitative estimate of drug-likeness (QED) is 0.572. The molecule has 0 aliphatic heterocycles. The normalized spacial score (nSPS) is 12.2. The molecule has 1 unspecified atom stereocenters. The van der Waals surface area contributed by atoms with Crippen LogP contribution in [0.5, 0.6) is 0 Å². The van der Waals surface area contributed by atoms with Gasteiger partial charge in [-0.2, -0.15) is 0 Å². The van der Waals surface area contributed by atoms with E-state index in [0.717, 1.165) is 19.4 Å². The van der Waals surface area contributed by atoms with E-state index in [2.05, 4.69) is 17.6 Å². The summed E-state index contributed by atoms with van der Waals surface area (Å²) in [6.07, 6.45) is 2.03. The molecule has 0 bridgehead atoms. The molecule has 0 aliphatic carbocycles. The minimum Gasteiger partial charge on any atom is -0.338 e. The Balaban J connectivity index is 3.52. The maximum atomic E-state index is 11.0. The SMILES string of the molecule is CCNC(=O)NCC(CC)CCN. The summed E-state index contributed by atoms with van der Waals surface area (Å²) >= 11 is 0. The van der Waals surface area contributed by atoms with Crippen molar-refractivity contribution in [1.82, 2.24) is 10.6 Å². The Bertz CT molecular complexity index is 139. The summed E-state index contributed by atoms with van der Waals surface area (Å²) in [5.41, 5.74) is 5.44. The number of hydrogen-bond acceptors (Lipinski definition) is 2. The van der Waals surface area contributed by atoms with Gasteiger partial charge in [-0.05, 0) is 25.8 Å². The molecule has 13 heavy (non-hydrogen) atoms. The second kappa shape index (κ2) is 7.86. The number of carbonyl (C=O) groups excluding carboxylic acids is 1. The molecule has 0 saturated heterocycles. The lowest BCUT2D eigenvalue weighted by molar-refractivity contribution is 0.239. The molecule has 4 heteroatoms. The molecular weight excluding hydrogens is 166 g/mol. The first-order chi connectivity index (χ1) is 6.24. The Hall–Kier alpha value is -0.770. The highest BCUT2D eigenvalue weighted by Gasteiger charge is 2.06. The predicted molar refractivity (Wildman–Crippen MR) is 54.5 cm³/mol. The fourth-order valence-corrected chi connectivity index (χ4v) is 1.15. The van der Waals surface area contributed by atoms with E-state index >= 15 is 0 Å². The largest absolute Gasteiger partial charge is 0.338 e. The van der Waals surface area contributed by atoms with E-state index in [1.54, 1.807) is 0 Å². The molecule has 0 saturated carbocycles. The average molecular weight is 187 g/mol. The van der Waals surface area contributed by atoms with Gasteiger partial charge < -0.3 is 16.4 Å². The molecule has 0 aromatic rings. The van der Waals surface area contributed by atoms with Gasteiger partial charge in [0.1, 0.15) is 0 Å². The van der Waals surface area contributed by atoms with E-state index in [1.807, 2.05) is 6.92 Å². The van der Waals surface area contributed by atoms with Crippen LogP contribution in [-0.4, -0.2) is 25.7 Å². The lowest BCUT2D eigenvalue weighted by Crippen LogP contribution is -2.38.